The average Bonchev–Trinajstić information content (AvgIpc) is 2.59. The van der Waals surface area contributed by atoms with Crippen LogP contribution >= 0.6 is 0 Å². The van der Waals surface area contributed by atoms with Gasteiger partial charge in [-0.15, -0.1) is 0 Å². The first-order valence-corrected chi connectivity index (χ1v) is 5.55. The molecule has 93 valence electrons. The molecule has 1 fully saturated rings. The summed E-state index contributed by atoms with van der Waals surface area (Å²) in [5, 5.41) is 28.3. The van der Waals surface area contributed by atoms with Crippen molar-refractivity contribution in [3.05, 3.63) is 6.92 Å². The second-order valence-corrected chi connectivity index (χ2v) is 4.08. The quantitative estimate of drug-likeness (QED) is 0.533. The van der Waals surface area contributed by atoms with Crippen LogP contribution in [-0.2, 0) is 9.53 Å². The first kappa shape index (κ1) is 13.6. The van der Waals surface area contributed by atoms with Crippen LogP contribution in [0.1, 0.15) is 25.7 Å². The van der Waals surface area contributed by atoms with Gasteiger partial charge in [-0.1, -0.05) is 19.8 Å². The topological polar surface area (TPSA) is 87.0 Å². The molecule has 0 aromatic carbocycles. The number of unbranched alkanes of at least 4 members (excludes halogenated alkanes) is 2. The largest absolute Gasteiger partial charge is 0.388 e. The van der Waals surface area contributed by atoms with Crippen LogP contribution in [0.5, 0.6) is 0 Å². The van der Waals surface area contributed by atoms with Crippen LogP contribution in [0.2, 0.25) is 0 Å². The van der Waals surface area contributed by atoms with Crippen molar-refractivity contribution >= 4 is 5.78 Å². The van der Waals surface area contributed by atoms with Gasteiger partial charge in [0, 0.05) is 6.42 Å². The van der Waals surface area contributed by atoms with E-state index >= 15 is 0 Å². The number of ketones is 1. The molecule has 1 heterocycles. The number of carbonyl (C=O) groups excluding carboxylic acids is 1. The van der Waals surface area contributed by atoms with Crippen molar-refractivity contribution in [2.45, 2.75) is 50.1 Å². The zero-order chi connectivity index (χ0) is 12.1. The van der Waals surface area contributed by atoms with Gasteiger partial charge in [-0.2, -0.15) is 0 Å². The van der Waals surface area contributed by atoms with Gasteiger partial charge in [0.25, 0.3) is 0 Å². The summed E-state index contributed by atoms with van der Waals surface area (Å²) in [5.41, 5.74) is 0. The molecular weight excluding hydrogens is 212 g/mol. The fourth-order valence-electron chi connectivity index (χ4n) is 1.71. The van der Waals surface area contributed by atoms with Crippen molar-refractivity contribution in [2.75, 3.05) is 6.61 Å². The van der Waals surface area contributed by atoms with Gasteiger partial charge in [-0.3, -0.25) is 4.79 Å². The molecule has 0 amide bonds. The number of ether oxygens (including phenoxy) is 1. The van der Waals surface area contributed by atoms with E-state index in [-0.39, 0.29) is 18.8 Å². The number of Topliss-reactive ketones (excluding diaryl/α,β-unsaturated/α-hetero) is 1. The molecule has 4 atom stereocenters. The van der Waals surface area contributed by atoms with Crippen LogP contribution in [0.3, 0.4) is 0 Å². The molecule has 1 unspecified atom stereocenters. The molecule has 0 aliphatic carbocycles. The minimum Gasteiger partial charge on any atom is -0.388 e. The van der Waals surface area contributed by atoms with Crippen molar-refractivity contribution in [2.24, 2.45) is 0 Å². The van der Waals surface area contributed by atoms with Crippen LogP contribution in [0.4, 0.5) is 0 Å². The van der Waals surface area contributed by atoms with E-state index in [2.05, 4.69) is 6.92 Å². The van der Waals surface area contributed by atoms with Gasteiger partial charge >= 0.3 is 0 Å². The highest BCUT2D eigenvalue weighted by Gasteiger charge is 2.41. The fourth-order valence-corrected chi connectivity index (χ4v) is 1.71. The van der Waals surface area contributed by atoms with Crippen LogP contribution in [-0.4, -0.2) is 52.1 Å². The molecule has 1 radical (unpaired) electrons. The first-order chi connectivity index (χ1) is 7.57. The lowest BCUT2D eigenvalue weighted by Gasteiger charge is -2.19. The Labute approximate surface area is 95.0 Å². The maximum atomic E-state index is 11.5. The van der Waals surface area contributed by atoms with Crippen LogP contribution in [0, 0.1) is 6.92 Å². The van der Waals surface area contributed by atoms with Gasteiger partial charge < -0.3 is 20.1 Å². The zero-order valence-corrected chi connectivity index (χ0v) is 9.21. The Kier molecular flexibility index (Phi) is 5.34. The van der Waals surface area contributed by atoms with Crippen LogP contribution < -0.4 is 0 Å². The average molecular weight is 231 g/mol. The lowest BCUT2D eigenvalue weighted by atomic mass is 9.99. The summed E-state index contributed by atoms with van der Waals surface area (Å²) in [6, 6.07) is 0. The van der Waals surface area contributed by atoms with Crippen molar-refractivity contribution < 1.29 is 24.9 Å². The van der Waals surface area contributed by atoms with Crippen LogP contribution in [0.15, 0.2) is 0 Å². The Morgan fingerprint density at radius 2 is 2.12 bits per heavy atom. The summed E-state index contributed by atoms with van der Waals surface area (Å²) in [5.74, 6) is -0.355. The molecule has 1 aliphatic heterocycles. The smallest absolute Gasteiger partial charge is 0.164 e. The lowest BCUT2D eigenvalue weighted by molar-refractivity contribution is -0.137. The molecule has 5 nitrogen and oxygen atoms in total. The van der Waals surface area contributed by atoms with E-state index in [1.165, 1.54) is 0 Å². The fraction of sp³-hybridized carbons (Fsp3) is 0.818. The molecular formula is C11H19O5. The van der Waals surface area contributed by atoms with E-state index in [1.54, 1.807) is 0 Å². The third kappa shape index (κ3) is 3.25. The molecule has 0 saturated carbocycles. The number of aliphatic hydroxyl groups excluding tert-OH is 3. The summed E-state index contributed by atoms with van der Waals surface area (Å²) < 4.78 is 4.98. The Balaban J connectivity index is 2.38. The minimum atomic E-state index is -1.35. The molecule has 1 aliphatic rings. The van der Waals surface area contributed by atoms with E-state index in [0.717, 1.165) is 12.8 Å². The maximum absolute atomic E-state index is 11.5. The summed E-state index contributed by atoms with van der Waals surface area (Å²) in [6.07, 6.45) is -2.05. The number of carbonyl (C=O) groups is 1. The second-order valence-electron chi connectivity index (χ2n) is 4.08. The van der Waals surface area contributed by atoms with Gasteiger partial charge in [0.1, 0.15) is 24.4 Å². The summed E-state index contributed by atoms with van der Waals surface area (Å²) >= 11 is 0. The molecule has 0 spiro atoms. The van der Waals surface area contributed by atoms with E-state index in [9.17, 15) is 20.1 Å². The third-order valence-corrected chi connectivity index (χ3v) is 2.75. The normalized spacial score (nSPS) is 31.6. The lowest BCUT2D eigenvalue weighted by Crippen LogP contribution is -2.42. The number of aliphatic hydroxyl groups is 3. The number of hydrogen-bond donors (Lipinski definition) is 3. The molecule has 0 aromatic heterocycles. The molecule has 1 saturated heterocycles. The summed E-state index contributed by atoms with van der Waals surface area (Å²) in [7, 11) is 0. The number of hydrogen-bond acceptors (Lipinski definition) is 5. The molecule has 16 heavy (non-hydrogen) atoms. The van der Waals surface area contributed by atoms with Gasteiger partial charge in [0.15, 0.2) is 5.78 Å². The Bertz CT molecular complexity index is 230. The maximum Gasteiger partial charge on any atom is 0.164 e. The Hall–Kier alpha value is -0.490. The molecule has 3 N–H and O–H groups in total. The van der Waals surface area contributed by atoms with Crippen molar-refractivity contribution in [3.8, 4) is 0 Å². The summed E-state index contributed by atoms with van der Waals surface area (Å²) in [4.78, 5) is 11.5. The van der Waals surface area contributed by atoms with E-state index < -0.39 is 24.4 Å². The van der Waals surface area contributed by atoms with Crippen molar-refractivity contribution in [1.29, 1.82) is 0 Å². The monoisotopic (exact) mass is 231 g/mol. The minimum absolute atomic E-state index is 0.0466. The van der Waals surface area contributed by atoms with Crippen molar-refractivity contribution in [1.82, 2.24) is 0 Å². The van der Waals surface area contributed by atoms with E-state index in [1.807, 2.05) is 0 Å². The van der Waals surface area contributed by atoms with E-state index in [4.69, 9.17) is 4.74 Å². The second kappa shape index (κ2) is 6.30. The van der Waals surface area contributed by atoms with Crippen LogP contribution in [0.25, 0.3) is 0 Å². The number of rotatable bonds is 6. The zero-order valence-electron chi connectivity index (χ0n) is 9.21. The summed E-state index contributed by atoms with van der Waals surface area (Å²) in [6.45, 7) is 3.61. The predicted octanol–water partition coefficient (Wildman–Crippen LogP) is -0.569. The molecule has 0 aromatic rings. The van der Waals surface area contributed by atoms with Gasteiger partial charge in [-0.25, -0.2) is 0 Å². The SMILES string of the molecule is [CH2]CCCCC(=O)C(O)[C@H]1OC[C@H](O)[C@@H]1O. The Morgan fingerprint density at radius 3 is 2.62 bits per heavy atom. The van der Waals surface area contributed by atoms with Crippen molar-refractivity contribution in [3.63, 3.8) is 0 Å². The van der Waals surface area contributed by atoms with Gasteiger partial charge in [-0.05, 0) is 6.42 Å². The Morgan fingerprint density at radius 1 is 1.44 bits per heavy atom. The highest BCUT2D eigenvalue weighted by molar-refractivity contribution is 5.83. The van der Waals surface area contributed by atoms with Gasteiger partial charge in [0.05, 0.1) is 6.61 Å². The van der Waals surface area contributed by atoms with Gasteiger partial charge in [0.2, 0.25) is 0 Å². The first-order valence-electron chi connectivity index (χ1n) is 5.55. The predicted molar refractivity (Wildman–Crippen MR) is 56.6 cm³/mol. The molecule has 5 heteroatoms. The standard InChI is InChI=1S/C11H19O5/c1-2-3-4-5-7(12)9(14)11-10(15)8(13)6-16-11/h8-11,13-15H,1-6H2/t8-,9?,10-,11+/m0/s1. The molecule has 1 rings (SSSR count). The highest BCUT2D eigenvalue weighted by Crippen LogP contribution is 2.19. The highest BCUT2D eigenvalue weighted by atomic mass is 16.5. The molecule has 0 bridgehead atoms. The van der Waals surface area contributed by atoms with E-state index in [0.29, 0.717) is 6.42 Å². The third-order valence-electron chi connectivity index (χ3n) is 2.75.